The Morgan fingerprint density at radius 3 is 2.78 bits per heavy atom. The molecule has 0 radical (unpaired) electrons. The molecule has 1 fully saturated rings. The van der Waals surface area contributed by atoms with Crippen molar-refractivity contribution in [3.05, 3.63) is 0 Å². The quantitative estimate of drug-likeness (QED) is 0.617. The maximum atomic E-state index is 11.7. The fourth-order valence-corrected chi connectivity index (χ4v) is 1.78. The van der Waals surface area contributed by atoms with E-state index in [-0.39, 0.29) is 19.1 Å². The number of terminal acetylenes is 1. The molecule has 0 saturated carbocycles. The molecule has 1 saturated heterocycles. The lowest BCUT2D eigenvalue weighted by atomic mass is 9.99. The van der Waals surface area contributed by atoms with Crippen LogP contribution in [0, 0.1) is 12.3 Å². The molecule has 18 heavy (non-hydrogen) atoms. The van der Waals surface area contributed by atoms with Crippen molar-refractivity contribution in [1.29, 1.82) is 0 Å². The lowest BCUT2D eigenvalue weighted by Crippen LogP contribution is -2.58. The lowest BCUT2D eigenvalue weighted by molar-refractivity contribution is -0.144. The van der Waals surface area contributed by atoms with E-state index in [2.05, 4.69) is 16.6 Å². The lowest BCUT2D eigenvalue weighted by Gasteiger charge is -2.24. The van der Waals surface area contributed by atoms with Crippen LogP contribution in [0.25, 0.3) is 0 Å². The van der Waals surface area contributed by atoms with Crippen molar-refractivity contribution < 1.29 is 19.4 Å². The zero-order chi connectivity index (χ0) is 13.6. The number of carboxylic acid groups (broad SMARTS) is 1. The second-order valence-corrected chi connectivity index (χ2v) is 4.30. The van der Waals surface area contributed by atoms with Gasteiger partial charge >= 0.3 is 12.0 Å². The minimum absolute atomic E-state index is 0.0236. The Labute approximate surface area is 106 Å². The maximum Gasteiger partial charge on any atom is 0.332 e. The first-order chi connectivity index (χ1) is 8.54. The normalized spacial score (nSPS) is 24.0. The number of ether oxygens (including phenoxy) is 1. The summed E-state index contributed by atoms with van der Waals surface area (Å²) in [6.45, 7) is 2.25. The van der Waals surface area contributed by atoms with Crippen LogP contribution in [0.1, 0.15) is 26.2 Å². The fourth-order valence-electron chi connectivity index (χ4n) is 1.78. The van der Waals surface area contributed by atoms with E-state index in [1.165, 1.54) is 0 Å². The number of rotatable bonds is 5. The van der Waals surface area contributed by atoms with Crippen molar-refractivity contribution in [2.45, 2.75) is 37.8 Å². The molecular weight excluding hydrogens is 236 g/mol. The molecule has 2 atom stereocenters. The second-order valence-electron chi connectivity index (χ2n) is 4.30. The molecule has 6 heteroatoms. The monoisotopic (exact) mass is 254 g/mol. The number of urea groups is 1. The van der Waals surface area contributed by atoms with Gasteiger partial charge in [-0.2, -0.15) is 0 Å². The highest BCUT2D eigenvalue weighted by Gasteiger charge is 2.44. The van der Waals surface area contributed by atoms with Crippen LogP contribution in [0.4, 0.5) is 4.79 Å². The number of carboxylic acids is 1. The van der Waals surface area contributed by atoms with Gasteiger partial charge in [0.2, 0.25) is 0 Å². The third-order valence-corrected chi connectivity index (χ3v) is 2.87. The molecule has 100 valence electrons. The van der Waals surface area contributed by atoms with E-state index in [1.807, 2.05) is 6.92 Å². The predicted molar refractivity (Wildman–Crippen MR) is 65.0 cm³/mol. The van der Waals surface area contributed by atoms with Crippen molar-refractivity contribution in [3.63, 3.8) is 0 Å². The first-order valence-corrected chi connectivity index (χ1v) is 5.90. The molecule has 2 amide bonds. The van der Waals surface area contributed by atoms with Crippen LogP contribution in [0.2, 0.25) is 0 Å². The number of nitrogens with one attached hydrogen (secondary N) is 2. The molecule has 0 aliphatic carbocycles. The topological polar surface area (TPSA) is 87.7 Å². The minimum atomic E-state index is -1.34. The summed E-state index contributed by atoms with van der Waals surface area (Å²) in [5, 5.41) is 14.2. The molecule has 1 aliphatic rings. The largest absolute Gasteiger partial charge is 0.479 e. The van der Waals surface area contributed by atoms with Crippen molar-refractivity contribution in [3.8, 4) is 12.3 Å². The van der Waals surface area contributed by atoms with Gasteiger partial charge in [-0.1, -0.05) is 19.3 Å². The Bertz CT molecular complexity index is 356. The SMILES string of the molecule is C#CC(CCC)NC(=O)NC1(C(=O)O)CCOC1. The number of hydrogen-bond acceptors (Lipinski definition) is 3. The smallest absolute Gasteiger partial charge is 0.332 e. The fraction of sp³-hybridized carbons (Fsp3) is 0.667. The van der Waals surface area contributed by atoms with Gasteiger partial charge in [-0.25, -0.2) is 9.59 Å². The van der Waals surface area contributed by atoms with Crippen molar-refractivity contribution in [1.82, 2.24) is 10.6 Å². The van der Waals surface area contributed by atoms with E-state index >= 15 is 0 Å². The first kappa shape index (κ1) is 14.3. The van der Waals surface area contributed by atoms with Gasteiger partial charge in [-0.15, -0.1) is 6.42 Å². The zero-order valence-electron chi connectivity index (χ0n) is 10.4. The van der Waals surface area contributed by atoms with Crippen LogP contribution < -0.4 is 10.6 Å². The molecule has 0 bridgehead atoms. The van der Waals surface area contributed by atoms with Crippen LogP contribution in [0.15, 0.2) is 0 Å². The van der Waals surface area contributed by atoms with Gasteiger partial charge in [-0.05, 0) is 6.42 Å². The van der Waals surface area contributed by atoms with Gasteiger partial charge in [0, 0.05) is 13.0 Å². The van der Waals surface area contributed by atoms with Gasteiger partial charge in [0.25, 0.3) is 0 Å². The summed E-state index contributed by atoms with van der Waals surface area (Å²) in [5.41, 5.74) is -1.34. The molecule has 3 N–H and O–H groups in total. The summed E-state index contributed by atoms with van der Waals surface area (Å²) in [7, 11) is 0. The summed E-state index contributed by atoms with van der Waals surface area (Å²) >= 11 is 0. The van der Waals surface area contributed by atoms with Gasteiger partial charge in [-0.3, -0.25) is 0 Å². The molecule has 1 rings (SSSR count). The Kier molecular flexibility index (Phi) is 4.98. The molecule has 2 unspecified atom stereocenters. The summed E-state index contributed by atoms with van der Waals surface area (Å²) < 4.78 is 5.04. The molecule has 0 aromatic rings. The Morgan fingerprint density at radius 1 is 1.61 bits per heavy atom. The van der Waals surface area contributed by atoms with E-state index in [0.29, 0.717) is 13.0 Å². The first-order valence-electron chi connectivity index (χ1n) is 5.90. The van der Waals surface area contributed by atoms with Crippen molar-refractivity contribution in [2.24, 2.45) is 0 Å². The molecule has 6 nitrogen and oxygen atoms in total. The van der Waals surface area contributed by atoms with E-state index in [9.17, 15) is 9.59 Å². The number of amides is 2. The highest BCUT2D eigenvalue weighted by atomic mass is 16.5. The second kappa shape index (κ2) is 6.26. The summed E-state index contributed by atoms with van der Waals surface area (Å²) in [6.07, 6.45) is 7.02. The summed E-state index contributed by atoms with van der Waals surface area (Å²) in [5.74, 6) is 1.36. The molecule has 0 aromatic heterocycles. The van der Waals surface area contributed by atoms with Crippen LogP contribution in [0.5, 0.6) is 0 Å². The number of hydrogen-bond donors (Lipinski definition) is 3. The third-order valence-electron chi connectivity index (χ3n) is 2.87. The molecule has 1 aliphatic heterocycles. The van der Waals surface area contributed by atoms with E-state index in [4.69, 9.17) is 16.3 Å². The van der Waals surface area contributed by atoms with Crippen LogP contribution in [-0.2, 0) is 9.53 Å². The molecule has 0 spiro atoms. The number of aliphatic carboxylic acids is 1. The van der Waals surface area contributed by atoms with Gasteiger partial charge in [0.05, 0.1) is 12.6 Å². The van der Waals surface area contributed by atoms with Gasteiger partial charge < -0.3 is 20.5 Å². The van der Waals surface area contributed by atoms with Crippen molar-refractivity contribution >= 4 is 12.0 Å². The van der Waals surface area contributed by atoms with E-state index in [1.54, 1.807) is 0 Å². The van der Waals surface area contributed by atoms with E-state index in [0.717, 1.165) is 6.42 Å². The number of carbonyl (C=O) groups is 2. The summed E-state index contributed by atoms with van der Waals surface area (Å²) in [4.78, 5) is 22.9. The Balaban J connectivity index is 2.57. The minimum Gasteiger partial charge on any atom is -0.479 e. The third kappa shape index (κ3) is 3.37. The van der Waals surface area contributed by atoms with Crippen LogP contribution in [-0.4, -0.2) is 41.9 Å². The maximum absolute atomic E-state index is 11.7. The molecular formula is C12H18N2O4. The Morgan fingerprint density at radius 2 is 2.33 bits per heavy atom. The van der Waals surface area contributed by atoms with Gasteiger partial charge in [0.1, 0.15) is 0 Å². The predicted octanol–water partition coefficient (Wildman–Crippen LogP) is 0.331. The highest BCUT2D eigenvalue weighted by molar-refractivity contribution is 5.86. The highest BCUT2D eigenvalue weighted by Crippen LogP contribution is 2.18. The number of carbonyl (C=O) groups excluding carboxylic acids is 1. The summed E-state index contributed by atoms with van der Waals surface area (Å²) in [6, 6.07) is -0.956. The average molecular weight is 254 g/mol. The van der Waals surface area contributed by atoms with Crippen LogP contribution in [0.3, 0.4) is 0 Å². The zero-order valence-corrected chi connectivity index (χ0v) is 10.4. The van der Waals surface area contributed by atoms with Crippen molar-refractivity contribution in [2.75, 3.05) is 13.2 Å². The molecule has 1 heterocycles. The van der Waals surface area contributed by atoms with E-state index < -0.39 is 17.5 Å². The van der Waals surface area contributed by atoms with Crippen LogP contribution >= 0.6 is 0 Å². The standard InChI is InChI=1S/C12H18N2O4/c1-3-5-9(4-2)13-11(17)14-12(10(15)16)6-7-18-8-12/h2,9H,3,5-8H2,1H3,(H,15,16)(H2,13,14,17). The van der Waals surface area contributed by atoms with Gasteiger partial charge in [0.15, 0.2) is 5.54 Å². The average Bonchev–Trinajstić information content (AvgIpc) is 2.78. The Hall–Kier alpha value is -1.74. The molecule has 0 aromatic carbocycles.